The van der Waals surface area contributed by atoms with E-state index in [0.717, 1.165) is 24.0 Å². The summed E-state index contributed by atoms with van der Waals surface area (Å²) in [4.78, 5) is 15.7. The van der Waals surface area contributed by atoms with Crippen LogP contribution in [-0.2, 0) is 9.63 Å². The van der Waals surface area contributed by atoms with Crippen LogP contribution in [0.4, 0.5) is 0 Å². The summed E-state index contributed by atoms with van der Waals surface area (Å²) in [6.45, 7) is 1.53. The molecule has 0 amide bonds. The molecule has 7 nitrogen and oxygen atoms in total. The van der Waals surface area contributed by atoms with E-state index in [-0.39, 0.29) is 28.9 Å². The number of aliphatic hydroxyl groups is 2. The Kier molecular flexibility index (Phi) is 4.39. The Bertz CT molecular complexity index is 793. The molecule has 0 aliphatic heterocycles. The fourth-order valence-electron chi connectivity index (χ4n) is 5.65. The number of carboxylic acid groups (broad SMARTS) is 1. The first-order chi connectivity index (χ1) is 12.8. The predicted molar refractivity (Wildman–Crippen MR) is 96.5 cm³/mol. The molecule has 4 N–H and O–H groups in total. The average molecular weight is 375 g/mol. The minimum Gasteiger partial charge on any atom is -0.508 e. The van der Waals surface area contributed by atoms with Crippen LogP contribution in [0, 0.1) is 17.3 Å². The number of phenols is 1. The monoisotopic (exact) mass is 375 g/mol. The average Bonchev–Trinajstić information content (AvgIpc) is 2.85. The lowest BCUT2D eigenvalue weighted by molar-refractivity contribution is -0.142. The Morgan fingerprint density at radius 1 is 1.37 bits per heavy atom. The molecule has 27 heavy (non-hydrogen) atoms. The van der Waals surface area contributed by atoms with Crippen molar-refractivity contribution in [2.45, 2.75) is 50.7 Å². The highest BCUT2D eigenvalue weighted by atomic mass is 16.6. The summed E-state index contributed by atoms with van der Waals surface area (Å²) in [6, 6.07) is 5.21. The van der Waals surface area contributed by atoms with Gasteiger partial charge in [0.25, 0.3) is 0 Å². The number of carboxylic acids is 1. The topological polar surface area (TPSA) is 120 Å². The van der Waals surface area contributed by atoms with Gasteiger partial charge in [-0.3, -0.25) is 0 Å². The Morgan fingerprint density at radius 3 is 2.89 bits per heavy atom. The lowest BCUT2D eigenvalue weighted by Crippen LogP contribution is -2.45. The summed E-state index contributed by atoms with van der Waals surface area (Å²) in [5, 5.41) is 43.6. The van der Waals surface area contributed by atoms with E-state index >= 15 is 0 Å². The third-order valence-corrected chi connectivity index (χ3v) is 6.95. The highest BCUT2D eigenvalue weighted by Crippen LogP contribution is 2.61. The van der Waals surface area contributed by atoms with E-state index in [2.05, 4.69) is 12.1 Å². The van der Waals surface area contributed by atoms with Crippen LogP contribution in [0.5, 0.6) is 5.75 Å². The van der Waals surface area contributed by atoms with Crippen molar-refractivity contribution in [3.8, 4) is 5.75 Å². The van der Waals surface area contributed by atoms with Gasteiger partial charge in [0.15, 0.2) is 0 Å². The number of aliphatic carboxylic acids is 1. The number of aliphatic hydroxyl groups excluding tert-OH is 2. The highest BCUT2D eigenvalue weighted by Gasteiger charge is 2.58. The fraction of sp³-hybridized carbons (Fsp3) is 0.600. The van der Waals surface area contributed by atoms with Gasteiger partial charge in [0.2, 0.25) is 6.61 Å². The number of oxime groups is 1. The summed E-state index contributed by atoms with van der Waals surface area (Å²) in [5.74, 6) is -0.385. The minimum atomic E-state index is -1.10. The first kappa shape index (κ1) is 18.3. The molecule has 4 rings (SSSR count). The van der Waals surface area contributed by atoms with Crippen molar-refractivity contribution in [2.24, 2.45) is 22.4 Å². The van der Waals surface area contributed by atoms with Crippen LogP contribution in [0.25, 0.3) is 0 Å². The van der Waals surface area contributed by atoms with Crippen LogP contribution in [0.3, 0.4) is 0 Å². The van der Waals surface area contributed by atoms with Crippen molar-refractivity contribution in [3.63, 3.8) is 0 Å². The summed E-state index contributed by atoms with van der Waals surface area (Å²) >= 11 is 0. The second kappa shape index (κ2) is 6.49. The maximum Gasteiger partial charge on any atom is 0.344 e. The number of carbonyl (C=O) groups is 1. The third-order valence-electron chi connectivity index (χ3n) is 6.95. The highest BCUT2D eigenvalue weighted by molar-refractivity contribution is 6.03. The molecule has 3 aliphatic carbocycles. The van der Waals surface area contributed by atoms with Crippen molar-refractivity contribution in [2.75, 3.05) is 6.61 Å². The zero-order chi connectivity index (χ0) is 19.3. The zero-order valence-corrected chi connectivity index (χ0v) is 15.2. The molecule has 1 aromatic rings. The predicted octanol–water partition coefficient (Wildman–Crippen LogP) is 1.84. The van der Waals surface area contributed by atoms with Crippen molar-refractivity contribution in [1.29, 1.82) is 0 Å². The van der Waals surface area contributed by atoms with E-state index in [1.54, 1.807) is 12.1 Å². The van der Waals surface area contributed by atoms with Crippen LogP contribution >= 0.6 is 0 Å². The number of nitrogens with zero attached hydrogens (tertiary/aromatic N) is 1. The molecule has 0 saturated heterocycles. The van der Waals surface area contributed by atoms with Gasteiger partial charge in [0.05, 0.1) is 17.9 Å². The Labute approximate surface area is 157 Å². The van der Waals surface area contributed by atoms with E-state index in [9.17, 15) is 20.1 Å². The van der Waals surface area contributed by atoms with Crippen LogP contribution < -0.4 is 0 Å². The normalized spacial score (nSPS) is 38.8. The van der Waals surface area contributed by atoms with Gasteiger partial charge in [-0.05, 0) is 66.5 Å². The minimum absolute atomic E-state index is 0.130. The summed E-state index contributed by atoms with van der Waals surface area (Å²) in [5.41, 5.74) is 2.15. The second-order valence-electron chi connectivity index (χ2n) is 8.35. The maximum atomic E-state index is 10.7. The molecule has 6 atom stereocenters. The molecule has 4 unspecified atom stereocenters. The van der Waals surface area contributed by atoms with Gasteiger partial charge in [-0.25, -0.2) is 4.79 Å². The molecular formula is C20H25NO6. The number of hydrogen-bond donors (Lipinski definition) is 4. The van der Waals surface area contributed by atoms with E-state index in [1.165, 1.54) is 0 Å². The van der Waals surface area contributed by atoms with E-state index in [4.69, 9.17) is 9.94 Å². The number of aromatic hydroxyl groups is 1. The molecule has 2 fully saturated rings. The van der Waals surface area contributed by atoms with Gasteiger partial charge in [-0.2, -0.15) is 0 Å². The van der Waals surface area contributed by atoms with E-state index in [1.807, 2.05) is 6.07 Å². The number of rotatable bonds is 3. The second-order valence-corrected chi connectivity index (χ2v) is 8.35. The standard InChI is InChI=1S/C20H25NO6/c1-20-5-4-12-11-3-2-10(22)6-14(11)16(21-27-9-18(24)25)7-13(12)15(20)8-17(23)19(20)26/h2-3,6,12-13,15,17,19,22-23,26H,4-5,7-9H2,1H3,(H,24,25)/t12?,13?,15?,17-,19?,20+/m1/s1. The van der Waals surface area contributed by atoms with E-state index in [0.29, 0.717) is 18.6 Å². The molecular weight excluding hydrogens is 350 g/mol. The lowest BCUT2D eigenvalue weighted by atomic mass is 9.55. The van der Waals surface area contributed by atoms with Gasteiger partial charge in [0.1, 0.15) is 5.75 Å². The summed E-state index contributed by atoms with van der Waals surface area (Å²) in [6.07, 6.45) is 1.40. The molecule has 146 valence electrons. The van der Waals surface area contributed by atoms with Gasteiger partial charge in [0, 0.05) is 5.56 Å². The van der Waals surface area contributed by atoms with Crippen molar-refractivity contribution in [3.05, 3.63) is 29.3 Å². The lowest BCUT2D eigenvalue weighted by Gasteiger charge is -2.49. The SMILES string of the molecule is C[C@]12CCC3c4ccc(O)cc4C(=NOCC(=O)O)CC3C1C[C@@H](O)C2O. The molecule has 2 saturated carbocycles. The van der Waals surface area contributed by atoms with Crippen molar-refractivity contribution < 1.29 is 30.1 Å². The number of fused-ring (bicyclic) bond motifs is 5. The molecule has 0 heterocycles. The van der Waals surface area contributed by atoms with Gasteiger partial charge in [-0.1, -0.05) is 18.1 Å². The molecule has 7 heteroatoms. The quantitative estimate of drug-likeness (QED) is 0.599. The number of phenolic OH excluding ortho intramolecular Hbond substituents is 1. The summed E-state index contributed by atoms with van der Waals surface area (Å²) in [7, 11) is 0. The fourth-order valence-corrected chi connectivity index (χ4v) is 5.65. The van der Waals surface area contributed by atoms with E-state index < -0.39 is 24.8 Å². The molecule has 1 aromatic carbocycles. The molecule has 0 aromatic heterocycles. The van der Waals surface area contributed by atoms with Crippen molar-refractivity contribution >= 4 is 11.7 Å². The molecule has 3 aliphatic rings. The molecule has 0 spiro atoms. The van der Waals surface area contributed by atoms with Crippen LogP contribution in [0.2, 0.25) is 0 Å². The van der Waals surface area contributed by atoms with Gasteiger partial charge < -0.3 is 25.3 Å². The maximum absolute atomic E-state index is 10.7. The number of benzene rings is 1. The zero-order valence-electron chi connectivity index (χ0n) is 15.2. The van der Waals surface area contributed by atoms with Crippen LogP contribution in [0.15, 0.2) is 23.4 Å². The molecule has 0 bridgehead atoms. The largest absolute Gasteiger partial charge is 0.508 e. The Morgan fingerprint density at radius 2 is 2.15 bits per heavy atom. The third kappa shape index (κ3) is 2.89. The Hall–Kier alpha value is -2.12. The van der Waals surface area contributed by atoms with Crippen LogP contribution in [0.1, 0.15) is 49.7 Å². The van der Waals surface area contributed by atoms with Crippen molar-refractivity contribution in [1.82, 2.24) is 0 Å². The van der Waals surface area contributed by atoms with Crippen LogP contribution in [-0.4, -0.2) is 50.9 Å². The Balaban J connectivity index is 1.73. The summed E-state index contributed by atoms with van der Waals surface area (Å²) < 4.78 is 0. The first-order valence-electron chi connectivity index (χ1n) is 9.41. The number of hydrogen-bond acceptors (Lipinski definition) is 6. The van der Waals surface area contributed by atoms with Gasteiger partial charge >= 0.3 is 5.97 Å². The van der Waals surface area contributed by atoms with Gasteiger partial charge in [-0.15, -0.1) is 0 Å². The molecule has 0 radical (unpaired) electrons. The first-order valence-corrected chi connectivity index (χ1v) is 9.41. The smallest absolute Gasteiger partial charge is 0.344 e.